The fourth-order valence-electron chi connectivity index (χ4n) is 2.77. The first-order chi connectivity index (χ1) is 9.15. The number of amides is 1. The molecule has 19 heavy (non-hydrogen) atoms. The minimum atomic E-state index is 0.112. The third-order valence-corrected chi connectivity index (χ3v) is 3.87. The molecule has 0 N–H and O–H groups in total. The number of fused-ring (bicyclic) bond motifs is 1. The lowest BCUT2D eigenvalue weighted by Gasteiger charge is -2.26. The summed E-state index contributed by atoms with van der Waals surface area (Å²) in [6.07, 6.45) is 3.05. The van der Waals surface area contributed by atoms with Crippen molar-refractivity contribution in [2.45, 2.75) is 33.1 Å². The molecule has 1 atom stereocenters. The Morgan fingerprint density at radius 2 is 1.95 bits per heavy atom. The van der Waals surface area contributed by atoms with Gasteiger partial charge in [0.1, 0.15) is 0 Å². The van der Waals surface area contributed by atoms with E-state index in [0.717, 1.165) is 43.7 Å². The predicted octanol–water partition coefficient (Wildman–Crippen LogP) is 3.30. The van der Waals surface area contributed by atoms with E-state index < -0.39 is 0 Å². The van der Waals surface area contributed by atoms with Gasteiger partial charge in [-0.1, -0.05) is 32.4 Å². The molecule has 0 aliphatic carbocycles. The minimum Gasteiger partial charge on any atom is -0.373 e. The van der Waals surface area contributed by atoms with Gasteiger partial charge in [-0.2, -0.15) is 0 Å². The van der Waals surface area contributed by atoms with Crippen molar-refractivity contribution in [1.82, 2.24) is 0 Å². The second kappa shape index (κ2) is 6.09. The van der Waals surface area contributed by atoms with Crippen molar-refractivity contribution in [1.29, 1.82) is 0 Å². The maximum Gasteiger partial charge on any atom is 0.229 e. The Labute approximate surface area is 116 Å². The zero-order valence-electron chi connectivity index (χ0n) is 12.2. The predicted molar refractivity (Wildman–Crippen MR) is 80.8 cm³/mol. The van der Waals surface area contributed by atoms with Crippen LogP contribution in [0.4, 0.5) is 11.4 Å². The molecule has 0 spiro atoms. The SMILES string of the molecule is CCCC(C)C(=O)N1CCCN(C)c2ccccc21. The molecule has 3 nitrogen and oxygen atoms in total. The van der Waals surface area contributed by atoms with Gasteiger partial charge in [0.05, 0.1) is 11.4 Å². The van der Waals surface area contributed by atoms with E-state index in [1.165, 1.54) is 0 Å². The lowest BCUT2D eigenvalue weighted by atomic mass is 10.0. The summed E-state index contributed by atoms with van der Waals surface area (Å²) in [5, 5.41) is 0. The average Bonchev–Trinajstić information content (AvgIpc) is 2.58. The topological polar surface area (TPSA) is 23.6 Å². The fourth-order valence-corrected chi connectivity index (χ4v) is 2.77. The van der Waals surface area contributed by atoms with Crippen molar-refractivity contribution >= 4 is 17.3 Å². The lowest BCUT2D eigenvalue weighted by molar-refractivity contribution is -0.122. The lowest BCUT2D eigenvalue weighted by Crippen LogP contribution is -2.35. The van der Waals surface area contributed by atoms with Gasteiger partial charge < -0.3 is 9.80 Å². The molecule has 1 aliphatic heterocycles. The molecule has 2 rings (SSSR count). The van der Waals surface area contributed by atoms with Crippen molar-refractivity contribution in [3.8, 4) is 0 Å². The number of hydrogen-bond donors (Lipinski definition) is 0. The van der Waals surface area contributed by atoms with Crippen LogP contribution in [0, 0.1) is 5.92 Å². The maximum absolute atomic E-state index is 12.6. The fraction of sp³-hybridized carbons (Fsp3) is 0.562. The Kier molecular flexibility index (Phi) is 4.46. The van der Waals surface area contributed by atoms with Gasteiger partial charge in [-0.15, -0.1) is 0 Å². The summed E-state index contributed by atoms with van der Waals surface area (Å²) < 4.78 is 0. The van der Waals surface area contributed by atoms with Crippen LogP contribution >= 0.6 is 0 Å². The van der Waals surface area contributed by atoms with Crippen LogP contribution in [0.1, 0.15) is 33.1 Å². The largest absolute Gasteiger partial charge is 0.373 e. The highest BCUT2D eigenvalue weighted by atomic mass is 16.2. The molecule has 0 saturated carbocycles. The molecule has 0 aromatic heterocycles. The Morgan fingerprint density at radius 1 is 1.26 bits per heavy atom. The van der Waals surface area contributed by atoms with Crippen molar-refractivity contribution in [2.24, 2.45) is 5.92 Å². The first kappa shape index (κ1) is 13.9. The van der Waals surface area contributed by atoms with Crippen LogP contribution in [-0.2, 0) is 4.79 Å². The van der Waals surface area contributed by atoms with Gasteiger partial charge in [-0.05, 0) is 25.0 Å². The Balaban J connectivity index is 2.30. The van der Waals surface area contributed by atoms with Gasteiger partial charge in [-0.25, -0.2) is 0 Å². The number of hydrogen-bond acceptors (Lipinski definition) is 2. The molecule has 1 aromatic rings. The zero-order valence-corrected chi connectivity index (χ0v) is 12.2. The van der Waals surface area contributed by atoms with E-state index in [1.807, 2.05) is 24.0 Å². The molecule has 1 unspecified atom stereocenters. The number of carbonyl (C=O) groups excluding carboxylic acids is 1. The van der Waals surface area contributed by atoms with Crippen LogP contribution in [0.15, 0.2) is 24.3 Å². The van der Waals surface area contributed by atoms with E-state index in [4.69, 9.17) is 0 Å². The average molecular weight is 260 g/mol. The van der Waals surface area contributed by atoms with Gasteiger partial charge in [0.25, 0.3) is 0 Å². The number of rotatable bonds is 3. The number of carbonyl (C=O) groups is 1. The molecule has 0 radical (unpaired) electrons. The highest BCUT2D eigenvalue weighted by molar-refractivity contribution is 5.98. The second-order valence-electron chi connectivity index (χ2n) is 5.44. The molecule has 0 bridgehead atoms. The first-order valence-corrected chi connectivity index (χ1v) is 7.26. The summed E-state index contributed by atoms with van der Waals surface area (Å²) in [6.45, 7) is 6.01. The normalized spacial score (nSPS) is 16.8. The maximum atomic E-state index is 12.6. The van der Waals surface area contributed by atoms with Crippen molar-refractivity contribution in [2.75, 3.05) is 29.9 Å². The number of para-hydroxylation sites is 2. The molecule has 0 saturated heterocycles. The molecule has 0 fully saturated rings. The van der Waals surface area contributed by atoms with E-state index in [2.05, 4.69) is 31.0 Å². The highest BCUT2D eigenvalue weighted by Gasteiger charge is 2.25. The Bertz CT molecular complexity index is 444. The summed E-state index contributed by atoms with van der Waals surface area (Å²) in [4.78, 5) is 16.8. The van der Waals surface area contributed by atoms with Gasteiger partial charge in [0, 0.05) is 26.1 Å². The molecule has 3 heteroatoms. The monoisotopic (exact) mass is 260 g/mol. The first-order valence-electron chi connectivity index (χ1n) is 7.26. The molecular weight excluding hydrogens is 236 g/mol. The Hall–Kier alpha value is -1.51. The molecule has 104 valence electrons. The second-order valence-corrected chi connectivity index (χ2v) is 5.44. The van der Waals surface area contributed by atoms with Crippen LogP contribution in [-0.4, -0.2) is 26.0 Å². The third-order valence-electron chi connectivity index (χ3n) is 3.87. The van der Waals surface area contributed by atoms with Crippen LogP contribution < -0.4 is 9.80 Å². The minimum absolute atomic E-state index is 0.112. The Morgan fingerprint density at radius 3 is 2.63 bits per heavy atom. The van der Waals surface area contributed by atoms with Crippen molar-refractivity contribution < 1.29 is 4.79 Å². The van der Waals surface area contributed by atoms with Crippen LogP contribution in [0.2, 0.25) is 0 Å². The van der Waals surface area contributed by atoms with Crippen LogP contribution in [0.25, 0.3) is 0 Å². The third kappa shape index (κ3) is 2.91. The summed E-state index contributed by atoms with van der Waals surface area (Å²) in [5.74, 6) is 0.381. The summed E-state index contributed by atoms with van der Waals surface area (Å²) in [7, 11) is 2.10. The summed E-state index contributed by atoms with van der Waals surface area (Å²) in [5.41, 5.74) is 2.23. The molecular formula is C16H24N2O. The highest BCUT2D eigenvalue weighted by Crippen LogP contribution is 2.32. The van der Waals surface area contributed by atoms with E-state index in [1.54, 1.807) is 0 Å². The van der Waals surface area contributed by atoms with E-state index in [-0.39, 0.29) is 11.8 Å². The molecule has 1 amide bonds. The summed E-state index contributed by atoms with van der Waals surface area (Å²) in [6, 6.07) is 8.22. The van der Waals surface area contributed by atoms with E-state index in [0.29, 0.717) is 0 Å². The van der Waals surface area contributed by atoms with Gasteiger partial charge in [0.2, 0.25) is 5.91 Å². The standard InChI is InChI=1S/C16H24N2O/c1-4-8-13(2)16(19)18-12-7-11-17(3)14-9-5-6-10-15(14)18/h5-6,9-10,13H,4,7-8,11-12H2,1-3H3. The number of nitrogens with zero attached hydrogens (tertiary/aromatic N) is 2. The van der Waals surface area contributed by atoms with Gasteiger partial charge in [-0.3, -0.25) is 4.79 Å². The molecule has 1 aliphatic rings. The van der Waals surface area contributed by atoms with Crippen LogP contribution in [0.3, 0.4) is 0 Å². The number of anilines is 2. The molecule has 1 heterocycles. The quantitative estimate of drug-likeness (QED) is 0.832. The van der Waals surface area contributed by atoms with Gasteiger partial charge in [0.15, 0.2) is 0 Å². The van der Waals surface area contributed by atoms with E-state index in [9.17, 15) is 4.79 Å². The molecule has 1 aromatic carbocycles. The van der Waals surface area contributed by atoms with Gasteiger partial charge >= 0.3 is 0 Å². The zero-order chi connectivity index (χ0) is 13.8. The smallest absolute Gasteiger partial charge is 0.229 e. The van der Waals surface area contributed by atoms with Crippen molar-refractivity contribution in [3.63, 3.8) is 0 Å². The van der Waals surface area contributed by atoms with Crippen molar-refractivity contribution in [3.05, 3.63) is 24.3 Å². The van der Waals surface area contributed by atoms with E-state index >= 15 is 0 Å². The van der Waals surface area contributed by atoms with Crippen LogP contribution in [0.5, 0.6) is 0 Å². The summed E-state index contributed by atoms with van der Waals surface area (Å²) >= 11 is 0. The number of benzene rings is 1.